The molecule has 0 saturated heterocycles. The van der Waals surface area contributed by atoms with Crippen molar-refractivity contribution in [1.29, 1.82) is 0 Å². The molecule has 3 heteroatoms. The molecule has 1 aromatic carbocycles. The highest BCUT2D eigenvalue weighted by Gasteiger charge is 2.16. The van der Waals surface area contributed by atoms with Crippen LogP contribution in [0.4, 0.5) is 4.39 Å². The van der Waals surface area contributed by atoms with Crippen molar-refractivity contribution in [2.45, 2.75) is 39.5 Å². The Bertz CT molecular complexity index is 512. The number of halogens is 1. The molecule has 1 heterocycles. The molecule has 0 amide bonds. The summed E-state index contributed by atoms with van der Waals surface area (Å²) >= 11 is 0. The van der Waals surface area contributed by atoms with Gasteiger partial charge in [0, 0.05) is 11.1 Å². The standard InChI is InChI=1S/C13H17FN2/c1-7(2)9-5-6-10-12(8(3)4)15-16-13(10)11(9)14/h5-8H,1-4H3,(H,15,16). The third-order valence-electron chi connectivity index (χ3n) is 2.92. The summed E-state index contributed by atoms with van der Waals surface area (Å²) in [5.74, 6) is 0.327. The molecule has 86 valence electrons. The lowest BCUT2D eigenvalue weighted by Gasteiger charge is -2.07. The van der Waals surface area contributed by atoms with Crippen LogP contribution < -0.4 is 0 Å². The summed E-state index contributed by atoms with van der Waals surface area (Å²) < 4.78 is 14.1. The van der Waals surface area contributed by atoms with E-state index in [4.69, 9.17) is 0 Å². The Labute approximate surface area is 94.9 Å². The average Bonchev–Trinajstić information content (AvgIpc) is 2.61. The first kappa shape index (κ1) is 11.1. The summed E-state index contributed by atoms with van der Waals surface area (Å²) in [6.07, 6.45) is 0. The number of hydrogen-bond donors (Lipinski definition) is 1. The maximum Gasteiger partial charge on any atom is 0.154 e. The fourth-order valence-corrected chi connectivity index (χ4v) is 1.97. The third kappa shape index (κ3) is 1.60. The Balaban J connectivity index is 2.69. The molecule has 0 saturated carbocycles. The molecule has 2 nitrogen and oxygen atoms in total. The second kappa shape index (κ2) is 3.89. The lowest BCUT2D eigenvalue weighted by molar-refractivity contribution is 0.607. The lowest BCUT2D eigenvalue weighted by Crippen LogP contribution is -1.94. The highest BCUT2D eigenvalue weighted by Crippen LogP contribution is 2.29. The Hall–Kier alpha value is -1.38. The number of rotatable bonds is 2. The number of benzene rings is 1. The van der Waals surface area contributed by atoms with E-state index in [-0.39, 0.29) is 11.7 Å². The van der Waals surface area contributed by atoms with Gasteiger partial charge in [-0.2, -0.15) is 5.10 Å². The van der Waals surface area contributed by atoms with Gasteiger partial charge in [0.15, 0.2) is 5.82 Å². The van der Waals surface area contributed by atoms with Crippen molar-refractivity contribution in [3.8, 4) is 0 Å². The molecule has 0 aliphatic heterocycles. The number of hydrogen-bond acceptors (Lipinski definition) is 1. The van der Waals surface area contributed by atoms with E-state index in [0.717, 1.165) is 16.6 Å². The molecule has 0 aliphatic carbocycles. The molecule has 0 unspecified atom stereocenters. The first-order valence-electron chi connectivity index (χ1n) is 5.68. The van der Waals surface area contributed by atoms with E-state index in [1.807, 2.05) is 26.0 Å². The molecule has 16 heavy (non-hydrogen) atoms. The molecule has 0 spiro atoms. The van der Waals surface area contributed by atoms with Crippen molar-refractivity contribution >= 4 is 10.9 Å². The number of aromatic amines is 1. The van der Waals surface area contributed by atoms with E-state index in [1.165, 1.54) is 0 Å². The molecule has 0 atom stereocenters. The highest BCUT2D eigenvalue weighted by atomic mass is 19.1. The van der Waals surface area contributed by atoms with Crippen LogP contribution in [0.3, 0.4) is 0 Å². The molecule has 0 radical (unpaired) electrons. The number of aromatic nitrogens is 2. The summed E-state index contributed by atoms with van der Waals surface area (Å²) in [7, 11) is 0. The van der Waals surface area contributed by atoms with Gasteiger partial charge in [0.1, 0.15) is 5.52 Å². The Morgan fingerprint density at radius 2 is 1.81 bits per heavy atom. The van der Waals surface area contributed by atoms with Gasteiger partial charge in [-0.05, 0) is 17.4 Å². The van der Waals surface area contributed by atoms with Crippen LogP contribution in [-0.2, 0) is 0 Å². The predicted octanol–water partition coefficient (Wildman–Crippen LogP) is 3.95. The van der Waals surface area contributed by atoms with E-state index >= 15 is 0 Å². The smallest absolute Gasteiger partial charge is 0.154 e. The fourth-order valence-electron chi connectivity index (χ4n) is 1.97. The van der Waals surface area contributed by atoms with Crippen LogP contribution in [0.5, 0.6) is 0 Å². The minimum atomic E-state index is -0.185. The molecule has 0 fully saturated rings. The van der Waals surface area contributed by atoms with E-state index in [1.54, 1.807) is 0 Å². The zero-order chi connectivity index (χ0) is 11.9. The second-order valence-electron chi connectivity index (χ2n) is 4.81. The summed E-state index contributed by atoms with van der Waals surface area (Å²) in [6, 6.07) is 3.83. The third-order valence-corrected chi connectivity index (χ3v) is 2.92. The highest BCUT2D eigenvalue weighted by molar-refractivity contribution is 5.83. The van der Waals surface area contributed by atoms with E-state index in [0.29, 0.717) is 11.4 Å². The van der Waals surface area contributed by atoms with Gasteiger partial charge < -0.3 is 0 Å². The van der Waals surface area contributed by atoms with Crippen LogP contribution in [-0.4, -0.2) is 10.2 Å². The molecule has 2 aromatic rings. The first-order valence-corrected chi connectivity index (χ1v) is 5.68. The van der Waals surface area contributed by atoms with Crippen molar-refractivity contribution in [2.75, 3.05) is 0 Å². The molecule has 0 bridgehead atoms. The summed E-state index contributed by atoms with van der Waals surface area (Å²) in [5, 5.41) is 7.91. The van der Waals surface area contributed by atoms with Gasteiger partial charge >= 0.3 is 0 Å². The topological polar surface area (TPSA) is 28.7 Å². The van der Waals surface area contributed by atoms with E-state index in [2.05, 4.69) is 24.0 Å². The van der Waals surface area contributed by atoms with E-state index in [9.17, 15) is 4.39 Å². The molecule has 1 aromatic heterocycles. The number of nitrogens with one attached hydrogen (secondary N) is 1. The Morgan fingerprint density at radius 1 is 1.12 bits per heavy atom. The van der Waals surface area contributed by atoms with E-state index < -0.39 is 0 Å². The maximum atomic E-state index is 14.1. The average molecular weight is 220 g/mol. The van der Waals surface area contributed by atoms with Gasteiger partial charge in [-0.3, -0.25) is 5.10 Å². The monoisotopic (exact) mass is 220 g/mol. The maximum absolute atomic E-state index is 14.1. The molecular weight excluding hydrogens is 203 g/mol. The minimum absolute atomic E-state index is 0.184. The van der Waals surface area contributed by atoms with Gasteiger partial charge in [0.25, 0.3) is 0 Å². The zero-order valence-corrected chi connectivity index (χ0v) is 10.1. The van der Waals surface area contributed by atoms with Gasteiger partial charge in [-0.1, -0.05) is 39.8 Å². The first-order chi connectivity index (χ1) is 7.52. The van der Waals surface area contributed by atoms with Crippen LogP contribution in [0.2, 0.25) is 0 Å². The lowest BCUT2D eigenvalue weighted by atomic mass is 9.99. The summed E-state index contributed by atoms with van der Waals surface area (Å²) in [4.78, 5) is 0. The van der Waals surface area contributed by atoms with Crippen molar-refractivity contribution in [2.24, 2.45) is 0 Å². The van der Waals surface area contributed by atoms with Crippen molar-refractivity contribution in [3.05, 3.63) is 29.2 Å². The Kier molecular flexibility index (Phi) is 2.70. The van der Waals surface area contributed by atoms with Gasteiger partial charge in [0.2, 0.25) is 0 Å². The molecule has 1 N–H and O–H groups in total. The van der Waals surface area contributed by atoms with Crippen LogP contribution in [0.25, 0.3) is 10.9 Å². The van der Waals surface area contributed by atoms with Crippen LogP contribution >= 0.6 is 0 Å². The minimum Gasteiger partial charge on any atom is -0.281 e. The number of fused-ring (bicyclic) bond motifs is 1. The molecule has 2 rings (SSSR count). The summed E-state index contributed by atoms with van der Waals surface area (Å²) in [5.41, 5.74) is 2.20. The van der Waals surface area contributed by atoms with Gasteiger partial charge in [-0.15, -0.1) is 0 Å². The number of nitrogens with zero attached hydrogens (tertiary/aromatic N) is 1. The fraction of sp³-hybridized carbons (Fsp3) is 0.462. The predicted molar refractivity (Wildman–Crippen MR) is 64.2 cm³/mol. The van der Waals surface area contributed by atoms with Crippen LogP contribution in [0.1, 0.15) is 50.8 Å². The SMILES string of the molecule is CC(C)c1ccc2c(C(C)C)[nH]nc2c1F. The summed E-state index contributed by atoms with van der Waals surface area (Å²) in [6.45, 7) is 8.11. The Morgan fingerprint density at radius 3 is 2.38 bits per heavy atom. The normalized spacial score (nSPS) is 11.9. The second-order valence-corrected chi connectivity index (χ2v) is 4.81. The van der Waals surface area contributed by atoms with Crippen LogP contribution in [0.15, 0.2) is 12.1 Å². The van der Waals surface area contributed by atoms with Crippen LogP contribution in [0, 0.1) is 5.82 Å². The molecular formula is C13H17FN2. The van der Waals surface area contributed by atoms with Crippen molar-refractivity contribution in [1.82, 2.24) is 10.2 Å². The quantitative estimate of drug-likeness (QED) is 0.815. The van der Waals surface area contributed by atoms with Gasteiger partial charge in [-0.25, -0.2) is 4.39 Å². The van der Waals surface area contributed by atoms with Crippen molar-refractivity contribution < 1.29 is 4.39 Å². The number of H-pyrrole nitrogens is 1. The van der Waals surface area contributed by atoms with Crippen molar-refractivity contribution in [3.63, 3.8) is 0 Å². The molecule has 0 aliphatic rings. The zero-order valence-electron chi connectivity index (χ0n) is 10.1. The van der Waals surface area contributed by atoms with Gasteiger partial charge in [0.05, 0.1) is 0 Å². The largest absolute Gasteiger partial charge is 0.281 e.